The van der Waals surface area contributed by atoms with Crippen LogP contribution in [0.25, 0.3) is 0 Å². The maximum atomic E-state index is 6.36. The van der Waals surface area contributed by atoms with Gasteiger partial charge in [0.1, 0.15) is 31.6 Å². The summed E-state index contributed by atoms with van der Waals surface area (Å²) in [6.45, 7) is 8.98. The van der Waals surface area contributed by atoms with E-state index in [4.69, 9.17) is 4.74 Å². The van der Waals surface area contributed by atoms with Crippen LogP contribution in [0, 0.1) is 0 Å². The van der Waals surface area contributed by atoms with Gasteiger partial charge in [-0.1, -0.05) is 106 Å². The SMILES string of the molecule is CC(C)(C)c1ccc(C[n+]2ccn(CC(OCc3ccccc3)c3ccccc3)c2)cc1. The summed E-state index contributed by atoms with van der Waals surface area (Å²) >= 11 is 0. The molecule has 0 bridgehead atoms. The molecule has 0 aliphatic heterocycles. The largest absolute Gasteiger partial charge is 0.365 e. The van der Waals surface area contributed by atoms with Crippen LogP contribution in [0.2, 0.25) is 0 Å². The summed E-state index contributed by atoms with van der Waals surface area (Å²) in [6.07, 6.45) is 6.42. The molecule has 0 fully saturated rings. The highest BCUT2D eigenvalue weighted by Crippen LogP contribution is 2.23. The summed E-state index contributed by atoms with van der Waals surface area (Å²) < 4.78 is 10.8. The molecule has 3 aromatic carbocycles. The molecule has 0 radical (unpaired) electrons. The fraction of sp³-hybridized carbons (Fsp3) is 0.276. The molecule has 0 spiro atoms. The van der Waals surface area contributed by atoms with E-state index >= 15 is 0 Å². The third kappa shape index (κ3) is 5.95. The second kappa shape index (κ2) is 9.97. The predicted molar refractivity (Wildman–Crippen MR) is 129 cm³/mol. The average molecular weight is 426 g/mol. The van der Waals surface area contributed by atoms with Crippen molar-refractivity contribution in [2.45, 2.75) is 52.0 Å². The Labute approximate surface area is 191 Å². The molecule has 32 heavy (non-hydrogen) atoms. The van der Waals surface area contributed by atoms with Gasteiger partial charge in [0.25, 0.3) is 0 Å². The second-order valence-corrected chi connectivity index (χ2v) is 9.43. The van der Waals surface area contributed by atoms with Crippen molar-refractivity contribution in [3.8, 4) is 0 Å². The summed E-state index contributed by atoms with van der Waals surface area (Å²) in [5, 5.41) is 0. The first-order chi connectivity index (χ1) is 15.5. The molecule has 3 nitrogen and oxygen atoms in total. The van der Waals surface area contributed by atoms with E-state index < -0.39 is 0 Å². The van der Waals surface area contributed by atoms with Gasteiger partial charge in [0, 0.05) is 0 Å². The Morgan fingerprint density at radius 1 is 0.812 bits per heavy atom. The van der Waals surface area contributed by atoms with E-state index in [1.54, 1.807) is 0 Å². The highest BCUT2D eigenvalue weighted by atomic mass is 16.5. The number of hydrogen-bond donors (Lipinski definition) is 0. The molecule has 1 unspecified atom stereocenters. The van der Waals surface area contributed by atoms with Gasteiger partial charge in [-0.3, -0.25) is 0 Å². The van der Waals surface area contributed by atoms with Crippen molar-refractivity contribution < 1.29 is 9.30 Å². The number of benzene rings is 3. The summed E-state index contributed by atoms with van der Waals surface area (Å²) in [4.78, 5) is 0. The van der Waals surface area contributed by atoms with Crippen molar-refractivity contribution in [2.75, 3.05) is 0 Å². The zero-order chi connectivity index (χ0) is 22.4. The van der Waals surface area contributed by atoms with Crippen LogP contribution in [0.1, 0.15) is 49.1 Å². The normalized spacial score (nSPS) is 12.6. The Kier molecular flexibility index (Phi) is 6.87. The highest BCUT2D eigenvalue weighted by molar-refractivity contribution is 5.27. The van der Waals surface area contributed by atoms with Crippen molar-refractivity contribution in [3.05, 3.63) is 126 Å². The van der Waals surface area contributed by atoms with Gasteiger partial charge >= 0.3 is 0 Å². The van der Waals surface area contributed by atoms with Crippen LogP contribution >= 0.6 is 0 Å². The van der Waals surface area contributed by atoms with Gasteiger partial charge in [0.2, 0.25) is 6.33 Å². The third-order valence-electron chi connectivity index (χ3n) is 5.77. The van der Waals surface area contributed by atoms with Gasteiger partial charge in [-0.05, 0) is 27.7 Å². The zero-order valence-corrected chi connectivity index (χ0v) is 19.3. The lowest BCUT2D eigenvalue weighted by molar-refractivity contribution is -0.687. The predicted octanol–water partition coefficient (Wildman–Crippen LogP) is 6.08. The molecule has 0 amide bonds. The molecule has 4 aromatic rings. The van der Waals surface area contributed by atoms with Crippen molar-refractivity contribution in [1.29, 1.82) is 0 Å². The molecule has 3 heteroatoms. The second-order valence-electron chi connectivity index (χ2n) is 9.43. The van der Waals surface area contributed by atoms with Crippen LogP contribution < -0.4 is 4.57 Å². The minimum atomic E-state index is -0.0108. The quantitative estimate of drug-likeness (QED) is 0.313. The first kappa shape index (κ1) is 22.0. The van der Waals surface area contributed by atoms with Crippen molar-refractivity contribution in [2.24, 2.45) is 0 Å². The lowest BCUT2D eigenvalue weighted by Gasteiger charge is -2.18. The lowest BCUT2D eigenvalue weighted by Crippen LogP contribution is -2.31. The summed E-state index contributed by atoms with van der Waals surface area (Å²) in [5.41, 5.74) is 5.24. The molecule has 4 rings (SSSR count). The van der Waals surface area contributed by atoms with Crippen LogP contribution in [-0.4, -0.2) is 4.57 Å². The fourth-order valence-electron chi connectivity index (χ4n) is 3.85. The van der Waals surface area contributed by atoms with Crippen LogP contribution in [0.4, 0.5) is 0 Å². The van der Waals surface area contributed by atoms with Crippen LogP contribution in [0.15, 0.2) is 104 Å². The molecule has 1 aromatic heterocycles. The van der Waals surface area contributed by atoms with Crippen LogP contribution in [0.5, 0.6) is 0 Å². The maximum absolute atomic E-state index is 6.36. The monoisotopic (exact) mass is 425 g/mol. The Balaban J connectivity index is 1.44. The first-order valence-electron chi connectivity index (χ1n) is 11.3. The fourth-order valence-corrected chi connectivity index (χ4v) is 3.85. The molecule has 1 heterocycles. The molecular formula is C29H33N2O+. The smallest absolute Gasteiger partial charge is 0.244 e. The molecule has 0 aliphatic rings. The minimum absolute atomic E-state index is 0.0108. The van der Waals surface area contributed by atoms with E-state index in [-0.39, 0.29) is 11.5 Å². The minimum Gasteiger partial charge on any atom is -0.365 e. The average Bonchev–Trinajstić information content (AvgIpc) is 3.24. The van der Waals surface area contributed by atoms with Crippen LogP contribution in [-0.2, 0) is 29.8 Å². The van der Waals surface area contributed by atoms with Gasteiger partial charge in [0.05, 0.1) is 6.61 Å². The maximum Gasteiger partial charge on any atom is 0.244 e. The summed E-state index contributed by atoms with van der Waals surface area (Å²) in [5.74, 6) is 0. The molecule has 0 saturated heterocycles. The van der Waals surface area contributed by atoms with Gasteiger partial charge in [-0.2, -0.15) is 0 Å². The van der Waals surface area contributed by atoms with E-state index in [9.17, 15) is 0 Å². The van der Waals surface area contributed by atoms with Gasteiger partial charge < -0.3 is 4.74 Å². The number of ether oxygens (including phenoxy) is 1. The first-order valence-corrected chi connectivity index (χ1v) is 11.3. The van der Waals surface area contributed by atoms with E-state index in [0.717, 1.165) is 13.1 Å². The van der Waals surface area contributed by atoms with Crippen molar-refractivity contribution in [1.82, 2.24) is 4.57 Å². The standard InChI is InChI=1S/C29H33N2O/c1-29(2,3)27-16-14-24(15-17-27)20-30-18-19-31(23-30)21-28(26-12-8-5-9-13-26)32-22-25-10-6-4-7-11-25/h4-19,23,28H,20-22H2,1-3H3/q+1. The van der Waals surface area contributed by atoms with Gasteiger partial charge in [-0.25, -0.2) is 9.13 Å². The molecule has 0 N–H and O–H groups in total. The highest BCUT2D eigenvalue weighted by Gasteiger charge is 2.17. The number of aromatic nitrogens is 2. The van der Waals surface area contributed by atoms with Crippen LogP contribution in [0.3, 0.4) is 0 Å². The topological polar surface area (TPSA) is 18.0 Å². The zero-order valence-electron chi connectivity index (χ0n) is 19.3. The van der Waals surface area contributed by atoms with Crippen molar-refractivity contribution in [3.63, 3.8) is 0 Å². The van der Waals surface area contributed by atoms with E-state index in [1.165, 1.54) is 22.3 Å². The Morgan fingerprint density at radius 3 is 2.12 bits per heavy atom. The van der Waals surface area contributed by atoms with Crippen molar-refractivity contribution >= 4 is 0 Å². The molecular weight excluding hydrogens is 392 g/mol. The number of imidazole rings is 1. The third-order valence-corrected chi connectivity index (χ3v) is 5.77. The van der Waals surface area contributed by atoms with E-state index in [0.29, 0.717) is 6.61 Å². The molecule has 0 aliphatic carbocycles. The molecule has 1 atom stereocenters. The van der Waals surface area contributed by atoms with E-state index in [1.807, 2.05) is 12.1 Å². The van der Waals surface area contributed by atoms with E-state index in [2.05, 4.69) is 121 Å². The Morgan fingerprint density at radius 2 is 1.47 bits per heavy atom. The number of hydrogen-bond acceptors (Lipinski definition) is 1. The summed E-state index contributed by atoms with van der Waals surface area (Å²) in [7, 11) is 0. The van der Waals surface area contributed by atoms with Gasteiger partial charge in [-0.15, -0.1) is 0 Å². The molecule has 164 valence electrons. The molecule has 0 saturated carbocycles. The lowest BCUT2D eigenvalue weighted by atomic mass is 9.87. The summed E-state index contributed by atoms with van der Waals surface area (Å²) in [6, 6.07) is 29.8. The van der Waals surface area contributed by atoms with Gasteiger partial charge in [0.15, 0.2) is 0 Å². The Bertz CT molecular complexity index is 1090. The number of nitrogens with zero attached hydrogens (tertiary/aromatic N) is 2. The Hall–Kier alpha value is -3.17. The number of rotatable bonds is 8.